The van der Waals surface area contributed by atoms with Gasteiger partial charge in [0.05, 0.1) is 7.11 Å². The van der Waals surface area contributed by atoms with E-state index in [2.05, 4.69) is 21.7 Å². The highest BCUT2D eigenvalue weighted by molar-refractivity contribution is 7.98. The number of thioether (sulfide) groups is 1. The summed E-state index contributed by atoms with van der Waals surface area (Å²) in [5.74, 6) is 2.43. The summed E-state index contributed by atoms with van der Waals surface area (Å²) in [6, 6.07) is 15.5. The van der Waals surface area contributed by atoms with Gasteiger partial charge >= 0.3 is 0 Å². The number of hydrogen-bond donors (Lipinski definition) is 0. The number of carbonyl (C=O) groups excluding carboxylic acids is 1. The van der Waals surface area contributed by atoms with Gasteiger partial charge in [-0.25, -0.2) is 0 Å². The van der Waals surface area contributed by atoms with Crippen molar-refractivity contribution in [3.05, 3.63) is 59.7 Å². The lowest BCUT2D eigenvalue weighted by Crippen LogP contribution is -2.21. The molecule has 0 atom stereocenters. The number of hydrogen-bond acceptors (Lipinski definition) is 5. The predicted molar refractivity (Wildman–Crippen MR) is 112 cm³/mol. The average molecular weight is 397 g/mol. The van der Waals surface area contributed by atoms with E-state index in [0.29, 0.717) is 5.56 Å². The highest BCUT2D eigenvalue weighted by Gasteiger charge is 2.14. The van der Waals surface area contributed by atoms with E-state index in [4.69, 9.17) is 4.74 Å². The van der Waals surface area contributed by atoms with E-state index in [0.717, 1.165) is 40.2 Å². The van der Waals surface area contributed by atoms with Crippen LogP contribution in [-0.2, 0) is 12.3 Å². The number of amides is 1. The summed E-state index contributed by atoms with van der Waals surface area (Å²) in [6.07, 6.45) is 0. The summed E-state index contributed by atoms with van der Waals surface area (Å²) in [5, 5.41) is 9.63. The smallest absolute Gasteiger partial charge is 0.253 e. The molecule has 3 aromatic rings. The van der Waals surface area contributed by atoms with Gasteiger partial charge in [0.15, 0.2) is 11.0 Å². The Morgan fingerprint density at radius 1 is 1.07 bits per heavy atom. The molecule has 0 aliphatic heterocycles. The van der Waals surface area contributed by atoms with Crippen LogP contribution in [0.1, 0.15) is 22.8 Å². The molecule has 28 heavy (non-hydrogen) atoms. The van der Waals surface area contributed by atoms with Crippen LogP contribution in [-0.4, -0.2) is 46.8 Å². The zero-order chi connectivity index (χ0) is 20.1. The van der Waals surface area contributed by atoms with Crippen LogP contribution in [0, 0.1) is 0 Å². The predicted octanol–water partition coefficient (Wildman–Crippen LogP) is 3.97. The molecule has 1 heterocycles. The lowest BCUT2D eigenvalue weighted by atomic mass is 10.1. The van der Waals surface area contributed by atoms with Crippen molar-refractivity contribution >= 4 is 17.7 Å². The van der Waals surface area contributed by atoms with Gasteiger partial charge in [-0.15, -0.1) is 10.2 Å². The van der Waals surface area contributed by atoms with Gasteiger partial charge < -0.3 is 14.2 Å². The maximum atomic E-state index is 12.0. The molecule has 1 amide bonds. The van der Waals surface area contributed by atoms with Gasteiger partial charge in [-0.3, -0.25) is 4.79 Å². The van der Waals surface area contributed by atoms with Gasteiger partial charge in [0.2, 0.25) is 0 Å². The molecule has 0 aliphatic rings. The van der Waals surface area contributed by atoms with Crippen molar-refractivity contribution in [3.8, 4) is 17.1 Å². The maximum Gasteiger partial charge on any atom is 0.253 e. The largest absolute Gasteiger partial charge is 0.497 e. The Hall–Kier alpha value is -2.80. The molecule has 0 fully saturated rings. The Morgan fingerprint density at radius 2 is 1.75 bits per heavy atom. The Bertz CT molecular complexity index is 934. The quantitative estimate of drug-likeness (QED) is 0.566. The number of methoxy groups -OCH3 is 1. The van der Waals surface area contributed by atoms with E-state index in [9.17, 15) is 4.79 Å². The number of ether oxygens (including phenoxy) is 1. The number of rotatable bonds is 7. The van der Waals surface area contributed by atoms with Crippen LogP contribution in [0.5, 0.6) is 5.75 Å². The molecule has 0 saturated carbocycles. The molecule has 1 aromatic heterocycles. The number of benzene rings is 2. The number of aromatic nitrogens is 3. The molecule has 2 aromatic carbocycles. The Kier molecular flexibility index (Phi) is 6.36. The summed E-state index contributed by atoms with van der Waals surface area (Å²) in [4.78, 5) is 13.6. The van der Waals surface area contributed by atoms with Crippen LogP contribution < -0.4 is 4.74 Å². The molecule has 0 unspecified atom stereocenters. The molecule has 7 heteroatoms. The molecular weight excluding hydrogens is 372 g/mol. The maximum absolute atomic E-state index is 12.0. The van der Waals surface area contributed by atoms with E-state index in [1.807, 2.05) is 48.5 Å². The first-order chi connectivity index (χ1) is 13.5. The molecule has 0 bridgehead atoms. The summed E-state index contributed by atoms with van der Waals surface area (Å²) >= 11 is 1.64. The van der Waals surface area contributed by atoms with Crippen LogP contribution in [0.25, 0.3) is 11.4 Å². The van der Waals surface area contributed by atoms with Crippen LogP contribution >= 0.6 is 11.8 Å². The van der Waals surface area contributed by atoms with Gasteiger partial charge in [-0.1, -0.05) is 23.9 Å². The monoisotopic (exact) mass is 396 g/mol. The second-order valence-electron chi connectivity index (χ2n) is 6.46. The van der Waals surface area contributed by atoms with Crippen molar-refractivity contribution in [2.75, 3.05) is 21.2 Å². The van der Waals surface area contributed by atoms with Crippen LogP contribution in [0.4, 0.5) is 0 Å². The topological polar surface area (TPSA) is 60.2 Å². The van der Waals surface area contributed by atoms with Gasteiger partial charge in [0.1, 0.15) is 5.75 Å². The standard InChI is InChI=1S/C21H24N4O2S/c1-5-25-19(16-10-12-18(27-4)13-11-16)22-23-21(25)28-14-15-6-8-17(9-7-15)20(26)24(2)3/h6-13H,5,14H2,1-4H3. The third kappa shape index (κ3) is 4.36. The number of nitrogens with zero attached hydrogens (tertiary/aromatic N) is 4. The highest BCUT2D eigenvalue weighted by atomic mass is 32.2. The van der Waals surface area contributed by atoms with E-state index in [-0.39, 0.29) is 5.91 Å². The van der Waals surface area contributed by atoms with Crippen molar-refractivity contribution in [2.45, 2.75) is 24.4 Å². The highest BCUT2D eigenvalue weighted by Crippen LogP contribution is 2.27. The lowest BCUT2D eigenvalue weighted by molar-refractivity contribution is 0.0827. The normalized spacial score (nSPS) is 10.7. The van der Waals surface area contributed by atoms with Crippen molar-refractivity contribution < 1.29 is 9.53 Å². The van der Waals surface area contributed by atoms with Crippen LogP contribution in [0.2, 0.25) is 0 Å². The minimum Gasteiger partial charge on any atom is -0.497 e. The minimum absolute atomic E-state index is 0.00839. The van der Waals surface area contributed by atoms with E-state index >= 15 is 0 Å². The van der Waals surface area contributed by atoms with Crippen molar-refractivity contribution in [1.82, 2.24) is 19.7 Å². The Labute approximate surface area is 169 Å². The second kappa shape index (κ2) is 8.93. The van der Waals surface area contributed by atoms with E-state index < -0.39 is 0 Å². The molecule has 0 N–H and O–H groups in total. The minimum atomic E-state index is 0.00839. The first-order valence-electron chi connectivity index (χ1n) is 9.04. The summed E-state index contributed by atoms with van der Waals surface area (Å²) in [7, 11) is 5.16. The first-order valence-corrected chi connectivity index (χ1v) is 10.0. The first kappa shape index (κ1) is 19.9. The summed E-state index contributed by atoms with van der Waals surface area (Å²) in [6.45, 7) is 2.87. The fourth-order valence-corrected chi connectivity index (χ4v) is 3.74. The van der Waals surface area contributed by atoms with Gasteiger partial charge in [-0.2, -0.15) is 0 Å². The van der Waals surface area contributed by atoms with Gasteiger partial charge in [-0.05, 0) is 48.9 Å². The van der Waals surface area contributed by atoms with Gasteiger partial charge in [0.25, 0.3) is 5.91 Å². The van der Waals surface area contributed by atoms with Gasteiger partial charge in [0, 0.05) is 37.5 Å². The fourth-order valence-electron chi connectivity index (χ4n) is 2.78. The molecule has 0 spiro atoms. The van der Waals surface area contributed by atoms with Crippen LogP contribution in [0.3, 0.4) is 0 Å². The third-order valence-electron chi connectivity index (χ3n) is 4.36. The summed E-state index contributed by atoms with van der Waals surface area (Å²) < 4.78 is 7.33. The average Bonchev–Trinajstić information content (AvgIpc) is 3.15. The molecule has 0 radical (unpaired) electrons. The van der Waals surface area contributed by atoms with E-state index in [1.54, 1.807) is 37.9 Å². The molecule has 3 rings (SSSR count). The molecule has 0 aliphatic carbocycles. The summed E-state index contributed by atoms with van der Waals surface area (Å²) in [5.41, 5.74) is 2.84. The molecule has 146 valence electrons. The Morgan fingerprint density at radius 3 is 2.32 bits per heavy atom. The van der Waals surface area contributed by atoms with Crippen molar-refractivity contribution in [1.29, 1.82) is 0 Å². The molecule has 6 nitrogen and oxygen atoms in total. The third-order valence-corrected chi connectivity index (χ3v) is 5.39. The molecule has 0 saturated heterocycles. The number of carbonyl (C=O) groups is 1. The lowest BCUT2D eigenvalue weighted by Gasteiger charge is -2.10. The van der Waals surface area contributed by atoms with E-state index in [1.165, 1.54) is 0 Å². The zero-order valence-electron chi connectivity index (χ0n) is 16.5. The second-order valence-corrected chi connectivity index (χ2v) is 7.41. The zero-order valence-corrected chi connectivity index (χ0v) is 17.4. The van der Waals surface area contributed by atoms with Crippen molar-refractivity contribution in [3.63, 3.8) is 0 Å². The van der Waals surface area contributed by atoms with Crippen molar-refractivity contribution in [2.24, 2.45) is 0 Å². The SMILES string of the molecule is CCn1c(SCc2ccc(C(=O)N(C)C)cc2)nnc1-c1ccc(OC)cc1. The Balaban J connectivity index is 1.72. The molecular formula is C21H24N4O2S. The van der Waals surface area contributed by atoms with Crippen LogP contribution in [0.15, 0.2) is 53.7 Å². The fraction of sp³-hybridized carbons (Fsp3) is 0.286.